The van der Waals surface area contributed by atoms with Crippen LogP contribution < -0.4 is 10.1 Å². The van der Waals surface area contributed by atoms with E-state index in [4.69, 9.17) is 9.47 Å². The third-order valence-corrected chi connectivity index (χ3v) is 5.27. The van der Waals surface area contributed by atoms with Crippen LogP contribution in [-0.2, 0) is 14.3 Å². The molecule has 1 atom stereocenters. The Hall–Kier alpha value is -2.82. The Kier molecular flexibility index (Phi) is 7.68. The highest BCUT2D eigenvalue weighted by Gasteiger charge is 2.26. The number of rotatable bonds is 9. The van der Waals surface area contributed by atoms with Gasteiger partial charge in [-0.25, -0.2) is 0 Å². The van der Waals surface area contributed by atoms with Crippen LogP contribution in [0.15, 0.2) is 54.6 Å². The quantitative estimate of drug-likeness (QED) is 0.587. The lowest BCUT2D eigenvalue weighted by Gasteiger charge is -2.19. The maximum absolute atomic E-state index is 13.0. The van der Waals surface area contributed by atoms with Gasteiger partial charge in [0.15, 0.2) is 0 Å². The van der Waals surface area contributed by atoms with Gasteiger partial charge in [0.05, 0.1) is 12.3 Å². The zero-order chi connectivity index (χ0) is 20.5. The Labute approximate surface area is 172 Å². The molecule has 1 N–H and O–H groups in total. The van der Waals surface area contributed by atoms with Crippen LogP contribution in [0.3, 0.4) is 0 Å². The van der Waals surface area contributed by atoms with E-state index in [1.807, 2.05) is 37.3 Å². The summed E-state index contributed by atoms with van der Waals surface area (Å²) in [5, 5.41) is 2.86. The van der Waals surface area contributed by atoms with Crippen LogP contribution >= 0.6 is 0 Å². The molecule has 5 nitrogen and oxygen atoms in total. The molecule has 1 saturated carbocycles. The molecular weight excluding hydrogens is 366 g/mol. The normalized spacial score (nSPS) is 14.9. The van der Waals surface area contributed by atoms with E-state index in [0.717, 1.165) is 6.42 Å². The van der Waals surface area contributed by atoms with Gasteiger partial charge in [-0.05, 0) is 31.4 Å². The monoisotopic (exact) mass is 395 g/mol. The number of carbonyl (C=O) groups is 2. The molecule has 3 rings (SSSR count). The maximum Gasteiger partial charge on any atom is 0.306 e. The Bertz CT molecular complexity index is 800. The highest BCUT2D eigenvalue weighted by atomic mass is 16.5. The molecule has 0 bridgehead atoms. The smallest absolute Gasteiger partial charge is 0.306 e. The average molecular weight is 395 g/mol. The number of ether oxygens (including phenoxy) is 2. The second kappa shape index (κ2) is 10.6. The lowest BCUT2D eigenvalue weighted by atomic mass is 10.0. The van der Waals surface area contributed by atoms with E-state index >= 15 is 0 Å². The largest absolute Gasteiger partial charge is 0.492 e. The van der Waals surface area contributed by atoms with Crippen LogP contribution in [0.1, 0.15) is 57.1 Å². The zero-order valence-electron chi connectivity index (χ0n) is 16.9. The van der Waals surface area contributed by atoms with Crippen molar-refractivity contribution in [3.63, 3.8) is 0 Å². The van der Waals surface area contributed by atoms with E-state index in [1.165, 1.54) is 25.7 Å². The summed E-state index contributed by atoms with van der Waals surface area (Å²) in [7, 11) is 0. The number of amides is 1. The first-order valence-electron chi connectivity index (χ1n) is 10.4. The van der Waals surface area contributed by atoms with Crippen LogP contribution in [-0.4, -0.2) is 18.5 Å². The molecule has 0 spiro atoms. The molecule has 2 aromatic carbocycles. The van der Waals surface area contributed by atoms with Gasteiger partial charge in [-0.2, -0.15) is 0 Å². The van der Waals surface area contributed by atoms with Crippen molar-refractivity contribution in [3.8, 4) is 5.75 Å². The van der Waals surface area contributed by atoms with Gasteiger partial charge in [0.25, 0.3) is 5.91 Å². The molecule has 1 fully saturated rings. The van der Waals surface area contributed by atoms with Gasteiger partial charge in [-0.15, -0.1) is 0 Å². The molecule has 5 heteroatoms. The number of esters is 1. The minimum absolute atomic E-state index is 0.334. The highest BCUT2D eigenvalue weighted by molar-refractivity contribution is 5.97. The fourth-order valence-electron chi connectivity index (χ4n) is 3.76. The van der Waals surface area contributed by atoms with Gasteiger partial charge in [-0.3, -0.25) is 9.59 Å². The van der Waals surface area contributed by atoms with Crippen LogP contribution in [0.2, 0.25) is 0 Å². The SMILES string of the molecule is CCOc1ccccc1NC(=O)C(OC(=O)CCC1CCCC1)c1ccccc1. The van der Waals surface area contributed by atoms with Gasteiger partial charge >= 0.3 is 5.97 Å². The number of benzene rings is 2. The van der Waals surface area contributed by atoms with E-state index in [0.29, 0.717) is 35.9 Å². The third kappa shape index (κ3) is 6.08. The number of hydrogen-bond acceptors (Lipinski definition) is 4. The summed E-state index contributed by atoms with van der Waals surface area (Å²) in [5.41, 5.74) is 1.20. The molecule has 1 aliphatic carbocycles. The number of anilines is 1. The molecule has 1 aliphatic rings. The van der Waals surface area contributed by atoms with Crippen molar-refractivity contribution in [3.05, 3.63) is 60.2 Å². The number of hydrogen-bond donors (Lipinski definition) is 1. The molecule has 1 unspecified atom stereocenters. The van der Waals surface area contributed by atoms with Crippen molar-refractivity contribution in [1.82, 2.24) is 0 Å². The molecular formula is C24H29NO4. The first kappa shape index (κ1) is 20.9. The fraction of sp³-hybridized carbons (Fsp3) is 0.417. The van der Waals surface area contributed by atoms with Gasteiger partial charge < -0.3 is 14.8 Å². The van der Waals surface area contributed by atoms with E-state index in [9.17, 15) is 9.59 Å². The average Bonchev–Trinajstić information content (AvgIpc) is 3.26. The molecule has 0 aromatic heterocycles. The molecule has 2 aromatic rings. The van der Waals surface area contributed by atoms with Crippen molar-refractivity contribution in [1.29, 1.82) is 0 Å². The van der Waals surface area contributed by atoms with E-state index < -0.39 is 12.0 Å². The van der Waals surface area contributed by atoms with Gasteiger partial charge in [0.2, 0.25) is 6.10 Å². The predicted molar refractivity (Wildman–Crippen MR) is 113 cm³/mol. The summed E-state index contributed by atoms with van der Waals surface area (Å²) >= 11 is 0. The minimum Gasteiger partial charge on any atom is -0.492 e. The zero-order valence-corrected chi connectivity index (χ0v) is 16.9. The van der Waals surface area contributed by atoms with Crippen LogP contribution in [0.25, 0.3) is 0 Å². The van der Waals surface area contributed by atoms with Crippen molar-refractivity contribution < 1.29 is 19.1 Å². The molecule has 1 amide bonds. The summed E-state index contributed by atoms with van der Waals surface area (Å²) in [6.07, 6.45) is 5.03. The van der Waals surface area contributed by atoms with Crippen LogP contribution in [0, 0.1) is 5.92 Å². The number of carbonyl (C=O) groups excluding carboxylic acids is 2. The Balaban J connectivity index is 1.69. The second-order valence-corrected chi connectivity index (χ2v) is 7.39. The van der Waals surface area contributed by atoms with Crippen molar-refractivity contribution >= 4 is 17.6 Å². The first-order valence-corrected chi connectivity index (χ1v) is 10.4. The molecule has 0 radical (unpaired) electrons. The lowest BCUT2D eigenvalue weighted by Crippen LogP contribution is -2.26. The van der Waals surface area contributed by atoms with Crippen molar-refractivity contribution in [2.45, 2.75) is 51.6 Å². The number of nitrogens with one attached hydrogen (secondary N) is 1. The Morgan fingerprint density at radius 2 is 1.72 bits per heavy atom. The first-order chi connectivity index (χ1) is 14.2. The van der Waals surface area contributed by atoms with E-state index in [-0.39, 0.29) is 5.97 Å². The summed E-state index contributed by atoms with van der Waals surface area (Å²) < 4.78 is 11.2. The summed E-state index contributed by atoms with van der Waals surface area (Å²) in [5.74, 6) is 0.462. The summed E-state index contributed by atoms with van der Waals surface area (Å²) in [6.45, 7) is 2.38. The van der Waals surface area contributed by atoms with Crippen molar-refractivity contribution in [2.75, 3.05) is 11.9 Å². The molecule has 0 saturated heterocycles. The lowest BCUT2D eigenvalue weighted by molar-refractivity contribution is -0.155. The van der Waals surface area contributed by atoms with Gasteiger partial charge in [-0.1, -0.05) is 68.1 Å². The maximum atomic E-state index is 13.0. The molecule has 0 heterocycles. The van der Waals surface area contributed by atoms with E-state index in [2.05, 4.69) is 5.32 Å². The van der Waals surface area contributed by atoms with Gasteiger partial charge in [0.1, 0.15) is 5.75 Å². The Morgan fingerprint density at radius 1 is 1.03 bits per heavy atom. The third-order valence-electron chi connectivity index (χ3n) is 5.27. The van der Waals surface area contributed by atoms with Crippen LogP contribution in [0.4, 0.5) is 5.69 Å². The fourth-order valence-corrected chi connectivity index (χ4v) is 3.76. The molecule has 154 valence electrons. The number of para-hydroxylation sites is 2. The predicted octanol–water partition coefficient (Wildman–Crippen LogP) is 5.28. The van der Waals surface area contributed by atoms with Crippen LogP contribution in [0.5, 0.6) is 5.75 Å². The Morgan fingerprint density at radius 3 is 2.45 bits per heavy atom. The standard InChI is InChI=1S/C24H29NO4/c1-2-28-21-15-9-8-14-20(21)25-24(27)23(19-12-4-3-5-13-19)29-22(26)17-16-18-10-6-7-11-18/h3-5,8-9,12-15,18,23H,2,6-7,10-11,16-17H2,1H3,(H,25,27). The molecule has 0 aliphatic heterocycles. The topological polar surface area (TPSA) is 64.6 Å². The second-order valence-electron chi connectivity index (χ2n) is 7.39. The van der Waals surface area contributed by atoms with E-state index in [1.54, 1.807) is 24.3 Å². The van der Waals surface area contributed by atoms with Crippen molar-refractivity contribution in [2.24, 2.45) is 5.92 Å². The molecule has 29 heavy (non-hydrogen) atoms. The summed E-state index contributed by atoms with van der Waals surface area (Å²) in [6, 6.07) is 16.3. The van der Waals surface area contributed by atoms with Gasteiger partial charge in [0, 0.05) is 12.0 Å². The summed E-state index contributed by atoms with van der Waals surface area (Å²) in [4.78, 5) is 25.5. The minimum atomic E-state index is -0.998. The highest BCUT2D eigenvalue weighted by Crippen LogP contribution is 2.30.